The second-order valence-electron chi connectivity index (χ2n) is 2.92. The Morgan fingerprint density at radius 1 is 1.22 bits per heavy atom. The minimum absolute atomic E-state index is 0.819. The van der Waals surface area contributed by atoms with Crippen molar-refractivity contribution in [1.82, 2.24) is 5.32 Å². The van der Waals surface area contributed by atoms with Crippen molar-refractivity contribution in [3.63, 3.8) is 0 Å². The Balaban J connectivity index is 3.32. The quantitative estimate of drug-likeness (QED) is 0.611. The van der Waals surface area contributed by atoms with Gasteiger partial charge in [-0.1, -0.05) is 27.2 Å². The Morgan fingerprint density at radius 2 is 1.78 bits per heavy atom. The summed E-state index contributed by atoms with van der Waals surface area (Å²) in [6.07, 6.45) is 1.29. The lowest BCUT2D eigenvalue weighted by atomic mass is 9.94. The molecule has 0 aromatic rings. The minimum Gasteiger partial charge on any atom is -0.319 e. The van der Waals surface area contributed by atoms with Gasteiger partial charge in [0.2, 0.25) is 0 Å². The highest BCUT2D eigenvalue weighted by atomic mass is 14.8. The first-order valence-electron chi connectivity index (χ1n) is 3.87. The van der Waals surface area contributed by atoms with E-state index in [0.717, 1.165) is 18.4 Å². The van der Waals surface area contributed by atoms with E-state index >= 15 is 0 Å². The Bertz CT molecular complexity index is 61.6. The molecule has 1 nitrogen and oxygen atoms in total. The predicted octanol–water partition coefficient (Wildman–Crippen LogP) is 1.89. The third kappa shape index (κ3) is 3.52. The molecule has 0 aliphatic carbocycles. The summed E-state index contributed by atoms with van der Waals surface area (Å²) >= 11 is 0. The maximum absolute atomic E-state index is 3.18. The number of hydrogen-bond donors (Lipinski definition) is 1. The van der Waals surface area contributed by atoms with E-state index in [9.17, 15) is 0 Å². The summed E-state index contributed by atoms with van der Waals surface area (Å²) in [5.41, 5.74) is 0. The predicted molar refractivity (Wildman–Crippen MR) is 42.5 cm³/mol. The Morgan fingerprint density at radius 3 is 2.11 bits per heavy atom. The monoisotopic (exact) mass is 129 g/mol. The van der Waals surface area contributed by atoms with Crippen LogP contribution in [0.25, 0.3) is 0 Å². The SMILES string of the molecule is CCC(C)C(C)CNC. The van der Waals surface area contributed by atoms with E-state index in [2.05, 4.69) is 26.1 Å². The fourth-order valence-electron chi connectivity index (χ4n) is 0.926. The largest absolute Gasteiger partial charge is 0.319 e. The molecular formula is C8H19N. The van der Waals surface area contributed by atoms with Crippen LogP contribution < -0.4 is 5.32 Å². The maximum Gasteiger partial charge on any atom is -0.00236 e. The van der Waals surface area contributed by atoms with Gasteiger partial charge in [0.05, 0.1) is 0 Å². The van der Waals surface area contributed by atoms with Crippen LogP contribution in [0.2, 0.25) is 0 Å². The molecule has 0 saturated heterocycles. The van der Waals surface area contributed by atoms with E-state index in [0.29, 0.717) is 0 Å². The third-order valence-corrected chi connectivity index (χ3v) is 2.14. The van der Waals surface area contributed by atoms with Gasteiger partial charge in [-0.3, -0.25) is 0 Å². The molecule has 2 atom stereocenters. The molecule has 0 rings (SSSR count). The van der Waals surface area contributed by atoms with Crippen molar-refractivity contribution in [3.8, 4) is 0 Å². The molecule has 0 aliphatic heterocycles. The topological polar surface area (TPSA) is 12.0 Å². The van der Waals surface area contributed by atoms with Crippen molar-refractivity contribution in [2.75, 3.05) is 13.6 Å². The van der Waals surface area contributed by atoms with Crippen LogP contribution in [0.3, 0.4) is 0 Å². The van der Waals surface area contributed by atoms with Gasteiger partial charge in [-0.2, -0.15) is 0 Å². The molecule has 1 heteroatoms. The molecular weight excluding hydrogens is 110 g/mol. The van der Waals surface area contributed by atoms with E-state index in [1.807, 2.05) is 7.05 Å². The zero-order valence-corrected chi connectivity index (χ0v) is 7.07. The molecule has 0 aliphatic rings. The zero-order valence-electron chi connectivity index (χ0n) is 7.07. The number of rotatable bonds is 4. The second-order valence-corrected chi connectivity index (χ2v) is 2.92. The molecule has 0 aromatic heterocycles. The molecule has 56 valence electrons. The second kappa shape index (κ2) is 4.80. The summed E-state index contributed by atoms with van der Waals surface area (Å²) < 4.78 is 0. The fraction of sp³-hybridized carbons (Fsp3) is 1.00. The van der Waals surface area contributed by atoms with Crippen molar-refractivity contribution in [2.24, 2.45) is 11.8 Å². The van der Waals surface area contributed by atoms with Crippen LogP contribution in [0, 0.1) is 11.8 Å². The van der Waals surface area contributed by atoms with Crippen molar-refractivity contribution in [1.29, 1.82) is 0 Å². The smallest absolute Gasteiger partial charge is 0.00236 e. The minimum atomic E-state index is 0.819. The average Bonchev–Trinajstić information content (AvgIpc) is 1.87. The highest BCUT2D eigenvalue weighted by Crippen LogP contribution is 2.12. The van der Waals surface area contributed by atoms with E-state index in [1.54, 1.807) is 0 Å². The molecule has 0 radical (unpaired) electrons. The highest BCUT2D eigenvalue weighted by Gasteiger charge is 2.07. The van der Waals surface area contributed by atoms with Crippen molar-refractivity contribution in [3.05, 3.63) is 0 Å². The molecule has 0 saturated carbocycles. The van der Waals surface area contributed by atoms with Gasteiger partial charge < -0.3 is 5.32 Å². The summed E-state index contributed by atoms with van der Waals surface area (Å²) in [6.45, 7) is 8.00. The maximum atomic E-state index is 3.18. The first kappa shape index (κ1) is 8.96. The molecule has 0 fully saturated rings. The molecule has 0 amide bonds. The average molecular weight is 129 g/mol. The zero-order chi connectivity index (χ0) is 7.28. The lowest BCUT2D eigenvalue weighted by Crippen LogP contribution is -2.21. The number of nitrogens with one attached hydrogen (secondary N) is 1. The summed E-state index contributed by atoms with van der Waals surface area (Å²) in [5.74, 6) is 1.68. The fourth-order valence-corrected chi connectivity index (χ4v) is 0.926. The lowest BCUT2D eigenvalue weighted by Gasteiger charge is -2.16. The Hall–Kier alpha value is -0.0400. The van der Waals surface area contributed by atoms with Crippen LogP contribution in [-0.4, -0.2) is 13.6 Å². The molecule has 1 N–H and O–H groups in total. The Kier molecular flexibility index (Phi) is 4.78. The first-order valence-corrected chi connectivity index (χ1v) is 3.87. The van der Waals surface area contributed by atoms with Crippen LogP contribution in [0.4, 0.5) is 0 Å². The van der Waals surface area contributed by atoms with Crippen LogP contribution in [0.5, 0.6) is 0 Å². The summed E-state index contributed by atoms with van der Waals surface area (Å²) in [6, 6.07) is 0. The van der Waals surface area contributed by atoms with Gasteiger partial charge in [0, 0.05) is 0 Å². The molecule has 0 aromatic carbocycles. The van der Waals surface area contributed by atoms with Crippen molar-refractivity contribution < 1.29 is 0 Å². The highest BCUT2D eigenvalue weighted by molar-refractivity contribution is 4.60. The summed E-state index contributed by atoms with van der Waals surface area (Å²) in [4.78, 5) is 0. The molecule has 0 heterocycles. The van der Waals surface area contributed by atoms with Gasteiger partial charge in [0.1, 0.15) is 0 Å². The van der Waals surface area contributed by atoms with E-state index in [-0.39, 0.29) is 0 Å². The van der Waals surface area contributed by atoms with E-state index in [4.69, 9.17) is 0 Å². The van der Waals surface area contributed by atoms with Crippen LogP contribution >= 0.6 is 0 Å². The Labute approximate surface area is 58.8 Å². The lowest BCUT2D eigenvalue weighted by molar-refractivity contribution is 0.367. The van der Waals surface area contributed by atoms with Gasteiger partial charge in [-0.15, -0.1) is 0 Å². The first-order chi connectivity index (χ1) is 4.22. The summed E-state index contributed by atoms with van der Waals surface area (Å²) in [7, 11) is 2.01. The van der Waals surface area contributed by atoms with Crippen LogP contribution in [0.1, 0.15) is 27.2 Å². The van der Waals surface area contributed by atoms with Crippen molar-refractivity contribution >= 4 is 0 Å². The normalized spacial score (nSPS) is 17.3. The van der Waals surface area contributed by atoms with E-state index < -0.39 is 0 Å². The van der Waals surface area contributed by atoms with Gasteiger partial charge in [-0.25, -0.2) is 0 Å². The molecule has 0 bridgehead atoms. The summed E-state index contributed by atoms with van der Waals surface area (Å²) in [5, 5.41) is 3.18. The van der Waals surface area contributed by atoms with Gasteiger partial charge >= 0.3 is 0 Å². The van der Waals surface area contributed by atoms with Gasteiger partial charge in [-0.05, 0) is 25.4 Å². The van der Waals surface area contributed by atoms with Crippen LogP contribution in [-0.2, 0) is 0 Å². The number of hydrogen-bond acceptors (Lipinski definition) is 1. The van der Waals surface area contributed by atoms with Crippen molar-refractivity contribution in [2.45, 2.75) is 27.2 Å². The van der Waals surface area contributed by atoms with Crippen LogP contribution in [0.15, 0.2) is 0 Å². The third-order valence-electron chi connectivity index (χ3n) is 2.14. The molecule has 9 heavy (non-hydrogen) atoms. The molecule has 0 spiro atoms. The standard InChI is InChI=1S/C8H19N/c1-5-7(2)8(3)6-9-4/h7-9H,5-6H2,1-4H3. The van der Waals surface area contributed by atoms with E-state index in [1.165, 1.54) is 6.42 Å². The molecule has 2 unspecified atom stereocenters. The van der Waals surface area contributed by atoms with Gasteiger partial charge in [0.15, 0.2) is 0 Å². The van der Waals surface area contributed by atoms with Gasteiger partial charge in [0.25, 0.3) is 0 Å².